The first-order chi connectivity index (χ1) is 14.6. The van der Waals surface area contributed by atoms with Gasteiger partial charge in [-0.2, -0.15) is 0 Å². The number of hydrogen-bond donors (Lipinski definition) is 1. The summed E-state index contributed by atoms with van der Waals surface area (Å²) in [6, 6.07) is 13.0. The average Bonchev–Trinajstić information content (AvgIpc) is 3.05. The third-order valence-corrected chi connectivity index (χ3v) is 5.01. The molecule has 3 aromatic rings. The largest absolute Gasteiger partial charge is 0.507 e. The van der Waals surface area contributed by atoms with Crippen LogP contribution in [0, 0.1) is 0 Å². The van der Waals surface area contributed by atoms with Crippen LogP contribution in [0.2, 0.25) is 0 Å². The van der Waals surface area contributed by atoms with Gasteiger partial charge in [-0.1, -0.05) is 12.1 Å². The molecule has 0 spiro atoms. The Balaban J connectivity index is 1.85. The van der Waals surface area contributed by atoms with Gasteiger partial charge in [-0.25, -0.2) is 0 Å². The number of aliphatic hydroxyl groups is 1. The van der Waals surface area contributed by atoms with Gasteiger partial charge in [-0.15, -0.1) is 0 Å². The molecular weight excluding hydrogens is 382 g/mol. The maximum absolute atomic E-state index is 13.0. The molecular formula is C23H19N3O4. The molecule has 4 rings (SSSR count). The molecule has 1 aliphatic heterocycles. The third-order valence-electron chi connectivity index (χ3n) is 5.01. The molecule has 150 valence electrons. The number of methoxy groups -OCH3 is 1. The smallest absolute Gasteiger partial charge is 0.295 e. The zero-order valence-corrected chi connectivity index (χ0v) is 16.2. The summed E-state index contributed by atoms with van der Waals surface area (Å²) in [6.45, 7) is 0.203. The number of ketones is 1. The summed E-state index contributed by atoms with van der Waals surface area (Å²) in [5.41, 5.74) is 1.94. The molecule has 0 aliphatic carbocycles. The number of hydrogen-bond acceptors (Lipinski definition) is 6. The van der Waals surface area contributed by atoms with Crippen LogP contribution in [-0.4, -0.2) is 38.8 Å². The van der Waals surface area contributed by atoms with Gasteiger partial charge in [-0.3, -0.25) is 19.6 Å². The second kappa shape index (κ2) is 8.16. The first-order valence-corrected chi connectivity index (χ1v) is 9.32. The molecule has 1 atom stereocenters. The van der Waals surface area contributed by atoms with Crippen molar-refractivity contribution in [3.05, 3.63) is 95.6 Å². The first-order valence-electron chi connectivity index (χ1n) is 9.32. The lowest BCUT2D eigenvalue weighted by Gasteiger charge is -2.25. The quantitative estimate of drug-likeness (QED) is 0.401. The number of benzene rings is 1. The van der Waals surface area contributed by atoms with Crippen LogP contribution in [0.3, 0.4) is 0 Å². The molecule has 1 amide bonds. The lowest BCUT2D eigenvalue weighted by atomic mass is 9.96. The molecule has 1 saturated heterocycles. The number of rotatable bonds is 5. The van der Waals surface area contributed by atoms with Crippen molar-refractivity contribution < 1.29 is 19.4 Å². The van der Waals surface area contributed by atoms with Crippen LogP contribution >= 0.6 is 0 Å². The molecule has 3 heterocycles. The molecule has 1 aromatic carbocycles. The molecule has 7 heteroatoms. The van der Waals surface area contributed by atoms with E-state index in [1.54, 1.807) is 73.3 Å². The number of carbonyl (C=O) groups excluding carboxylic acids is 2. The number of aliphatic hydroxyl groups excluding tert-OH is 1. The Kier molecular flexibility index (Phi) is 5.26. The van der Waals surface area contributed by atoms with E-state index in [1.165, 1.54) is 12.0 Å². The number of nitrogens with zero attached hydrogens (tertiary/aromatic N) is 3. The van der Waals surface area contributed by atoms with Crippen molar-refractivity contribution in [2.24, 2.45) is 0 Å². The van der Waals surface area contributed by atoms with E-state index in [0.29, 0.717) is 16.9 Å². The molecule has 1 N–H and O–H groups in total. The van der Waals surface area contributed by atoms with Crippen LogP contribution in [0.4, 0.5) is 0 Å². The molecule has 30 heavy (non-hydrogen) atoms. The van der Waals surface area contributed by atoms with Gasteiger partial charge in [0.15, 0.2) is 0 Å². The van der Waals surface area contributed by atoms with Crippen LogP contribution in [0.25, 0.3) is 5.76 Å². The maximum Gasteiger partial charge on any atom is 0.295 e. The van der Waals surface area contributed by atoms with E-state index in [4.69, 9.17) is 4.74 Å². The summed E-state index contributed by atoms with van der Waals surface area (Å²) >= 11 is 0. The number of carbonyl (C=O) groups is 2. The maximum atomic E-state index is 13.0. The topological polar surface area (TPSA) is 92.6 Å². The Labute approximate surface area is 173 Å². The van der Waals surface area contributed by atoms with Gasteiger partial charge in [0.2, 0.25) is 0 Å². The molecule has 1 aliphatic rings. The standard InChI is InChI=1S/C23H19N3O4/c1-30-18-4-2-3-17(13-18)21(27)19-20(16-7-11-25-12-8-16)26(23(29)22(19)28)14-15-5-9-24-10-6-15/h2-13,20,27H,14H2,1H3. The molecule has 1 unspecified atom stereocenters. The fraction of sp³-hybridized carbons (Fsp3) is 0.130. The third kappa shape index (κ3) is 3.53. The molecule has 0 saturated carbocycles. The first kappa shape index (κ1) is 19.3. The Morgan fingerprint density at radius 1 is 1.03 bits per heavy atom. The van der Waals surface area contributed by atoms with Crippen molar-refractivity contribution in [3.8, 4) is 5.75 Å². The lowest BCUT2D eigenvalue weighted by Crippen LogP contribution is -2.29. The van der Waals surface area contributed by atoms with Crippen LogP contribution in [0.1, 0.15) is 22.7 Å². The van der Waals surface area contributed by atoms with E-state index < -0.39 is 17.7 Å². The minimum Gasteiger partial charge on any atom is -0.507 e. The summed E-state index contributed by atoms with van der Waals surface area (Å²) in [5.74, 6) is -1.11. The monoisotopic (exact) mass is 401 g/mol. The summed E-state index contributed by atoms with van der Waals surface area (Å²) in [6.07, 6.45) is 6.44. The number of aromatic nitrogens is 2. The van der Waals surface area contributed by atoms with E-state index in [0.717, 1.165) is 5.56 Å². The van der Waals surface area contributed by atoms with Gasteiger partial charge in [0.1, 0.15) is 11.5 Å². The highest BCUT2D eigenvalue weighted by atomic mass is 16.5. The van der Waals surface area contributed by atoms with Crippen molar-refractivity contribution in [1.82, 2.24) is 14.9 Å². The van der Waals surface area contributed by atoms with Gasteiger partial charge >= 0.3 is 0 Å². The highest BCUT2D eigenvalue weighted by Crippen LogP contribution is 2.40. The molecule has 0 bridgehead atoms. The highest BCUT2D eigenvalue weighted by Gasteiger charge is 2.46. The van der Waals surface area contributed by atoms with Crippen LogP contribution in [0.5, 0.6) is 5.75 Å². The van der Waals surface area contributed by atoms with Gasteiger partial charge in [-0.05, 0) is 47.5 Å². The molecule has 1 fully saturated rings. The number of pyridine rings is 2. The number of likely N-dealkylation sites (tertiary alicyclic amines) is 1. The van der Waals surface area contributed by atoms with Crippen LogP contribution < -0.4 is 4.74 Å². The predicted octanol–water partition coefficient (Wildman–Crippen LogP) is 3.11. The Morgan fingerprint density at radius 2 is 1.70 bits per heavy atom. The Bertz CT molecular complexity index is 1110. The average molecular weight is 401 g/mol. The summed E-state index contributed by atoms with van der Waals surface area (Å²) in [5, 5.41) is 11.0. The second-order valence-electron chi connectivity index (χ2n) is 6.79. The summed E-state index contributed by atoms with van der Waals surface area (Å²) in [7, 11) is 1.52. The number of Topliss-reactive ketones (excluding diaryl/α,β-unsaturated/α-hetero) is 1. The number of amides is 1. The van der Waals surface area contributed by atoms with E-state index in [2.05, 4.69) is 9.97 Å². The zero-order chi connectivity index (χ0) is 21.1. The van der Waals surface area contributed by atoms with E-state index in [9.17, 15) is 14.7 Å². The summed E-state index contributed by atoms with van der Waals surface area (Å²) in [4.78, 5) is 35.4. The SMILES string of the molecule is COc1cccc(C(O)=C2C(=O)C(=O)N(Cc3ccncc3)C2c2ccncc2)c1. The van der Waals surface area contributed by atoms with Crippen molar-refractivity contribution >= 4 is 17.4 Å². The van der Waals surface area contributed by atoms with E-state index >= 15 is 0 Å². The minimum atomic E-state index is -0.743. The van der Waals surface area contributed by atoms with Gasteiger partial charge in [0.25, 0.3) is 11.7 Å². The van der Waals surface area contributed by atoms with Crippen molar-refractivity contribution in [2.45, 2.75) is 12.6 Å². The van der Waals surface area contributed by atoms with Crippen molar-refractivity contribution in [1.29, 1.82) is 0 Å². The minimum absolute atomic E-state index is 0.0357. The van der Waals surface area contributed by atoms with Crippen LogP contribution in [0.15, 0.2) is 78.9 Å². The van der Waals surface area contributed by atoms with Crippen molar-refractivity contribution in [3.63, 3.8) is 0 Å². The van der Waals surface area contributed by atoms with Crippen LogP contribution in [-0.2, 0) is 16.1 Å². The zero-order valence-electron chi connectivity index (χ0n) is 16.2. The summed E-state index contributed by atoms with van der Waals surface area (Å²) < 4.78 is 5.22. The normalized spacial score (nSPS) is 17.9. The van der Waals surface area contributed by atoms with Gasteiger partial charge < -0.3 is 14.7 Å². The van der Waals surface area contributed by atoms with Gasteiger partial charge in [0.05, 0.1) is 18.7 Å². The van der Waals surface area contributed by atoms with Gasteiger partial charge in [0, 0.05) is 36.9 Å². The Hall–Kier alpha value is -4.00. The van der Waals surface area contributed by atoms with Crippen molar-refractivity contribution in [2.75, 3.05) is 7.11 Å². The highest BCUT2D eigenvalue weighted by molar-refractivity contribution is 6.46. The predicted molar refractivity (Wildman–Crippen MR) is 109 cm³/mol. The lowest BCUT2D eigenvalue weighted by molar-refractivity contribution is -0.140. The van der Waals surface area contributed by atoms with E-state index in [1.807, 2.05) is 0 Å². The fourth-order valence-electron chi connectivity index (χ4n) is 3.55. The second-order valence-corrected chi connectivity index (χ2v) is 6.79. The number of ether oxygens (including phenoxy) is 1. The van der Waals surface area contributed by atoms with E-state index in [-0.39, 0.29) is 17.9 Å². The Morgan fingerprint density at radius 3 is 2.37 bits per heavy atom. The molecule has 2 aromatic heterocycles. The molecule has 0 radical (unpaired) electrons. The molecule has 7 nitrogen and oxygen atoms in total. The fourth-order valence-corrected chi connectivity index (χ4v) is 3.55.